The van der Waals surface area contributed by atoms with Crippen molar-refractivity contribution in [1.82, 2.24) is 9.80 Å². The van der Waals surface area contributed by atoms with Crippen LogP contribution in [0.2, 0.25) is 0 Å². The molecule has 1 aliphatic heterocycles. The molecule has 4 heteroatoms. The third-order valence-electron chi connectivity index (χ3n) is 3.51. The molecule has 104 valence electrons. The number of rotatable bonds is 5. The number of amides is 2. The average Bonchev–Trinajstić information content (AvgIpc) is 2.62. The van der Waals surface area contributed by atoms with Crippen molar-refractivity contribution in [3.05, 3.63) is 0 Å². The molecule has 0 bridgehead atoms. The lowest BCUT2D eigenvalue weighted by Crippen LogP contribution is -2.42. The van der Waals surface area contributed by atoms with Gasteiger partial charge in [-0.25, -0.2) is 0 Å². The normalized spacial score (nSPS) is 16.2. The van der Waals surface area contributed by atoms with Crippen LogP contribution in [0.1, 0.15) is 52.4 Å². The van der Waals surface area contributed by atoms with Crippen LogP contribution in [-0.4, -0.2) is 47.8 Å². The number of nitrogens with zero attached hydrogens (tertiary/aromatic N) is 2. The summed E-state index contributed by atoms with van der Waals surface area (Å²) in [4.78, 5) is 27.3. The van der Waals surface area contributed by atoms with Crippen molar-refractivity contribution in [1.29, 1.82) is 0 Å². The van der Waals surface area contributed by atoms with E-state index in [0.29, 0.717) is 6.54 Å². The van der Waals surface area contributed by atoms with Gasteiger partial charge in [0.25, 0.3) is 0 Å². The molecule has 0 aromatic carbocycles. The maximum Gasteiger partial charge on any atom is 0.242 e. The molecule has 0 aromatic heterocycles. The fourth-order valence-electron chi connectivity index (χ4n) is 2.28. The molecule has 0 aliphatic carbocycles. The number of carbonyl (C=O) groups excluding carboxylic acids is 2. The van der Waals surface area contributed by atoms with Gasteiger partial charge in [-0.2, -0.15) is 0 Å². The highest BCUT2D eigenvalue weighted by Crippen LogP contribution is 2.10. The fourth-order valence-corrected chi connectivity index (χ4v) is 2.28. The molecule has 4 nitrogen and oxygen atoms in total. The van der Waals surface area contributed by atoms with Crippen LogP contribution in [0.3, 0.4) is 0 Å². The van der Waals surface area contributed by atoms with E-state index in [1.54, 1.807) is 11.8 Å². The summed E-state index contributed by atoms with van der Waals surface area (Å²) in [7, 11) is 0. The molecule has 1 saturated heterocycles. The Morgan fingerprint density at radius 1 is 1.11 bits per heavy atom. The van der Waals surface area contributed by atoms with Crippen LogP contribution in [0.4, 0.5) is 0 Å². The first-order chi connectivity index (χ1) is 8.65. The van der Waals surface area contributed by atoms with E-state index in [2.05, 4.69) is 6.92 Å². The Morgan fingerprint density at radius 3 is 2.22 bits per heavy atom. The quantitative estimate of drug-likeness (QED) is 0.753. The van der Waals surface area contributed by atoms with Gasteiger partial charge in [0, 0.05) is 26.6 Å². The van der Waals surface area contributed by atoms with E-state index in [0.717, 1.165) is 38.8 Å². The van der Waals surface area contributed by atoms with Gasteiger partial charge in [0.15, 0.2) is 0 Å². The maximum atomic E-state index is 12.2. The van der Waals surface area contributed by atoms with Gasteiger partial charge in [-0.3, -0.25) is 9.59 Å². The van der Waals surface area contributed by atoms with E-state index >= 15 is 0 Å². The van der Waals surface area contributed by atoms with Crippen molar-refractivity contribution in [2.75, 3.05) is 26.2 Å². The van der Waals surface area contributed by atoms with Crippen LogP contribution in [0.25, 0.3) is 0 Å². The molecule has 18 heavy (non-hydrogen) atoms. The maximum absolute atomic E-state index is 12.2. The van der Waals surface area contributed by atoms with Gasteiger partial charge in [-0.1, -0.05) is 26.2 Å². The molecule has 0 unspecified atom stereocenters. The van der Waals surface area contributed by atoms with Crippen molar-refractivity contribution < 1.29 is 9.59 Å². The topological polar surface area (TPSA) is 40.6 Å². The summed E-state index contributed by atoms with van der Waals surface area (Å²) >= 11 is 0. The van der Waals surface area contributed by atoms with Crippen molar-refractivity contribution >= 4 is 11.8 Å². The monoisotopic (exact) mass is 254 g/mol. The zero-order valence-electron chi connectivity index (χ0n) is 11.8. The van der Waals surface area contributed by atoms with Crippen molar-refractivity contribution in [3.8, 4) is 0 Å². The van der Waals surface area contributed by atoms with Gasteiger partial charge >= 0.3 is 0 Å². The Hall–Kier alpha value is -1.06. The average molecular weight is 254 g/mol. The van der Waals surface area contributed by atoms with Crippen LogP contribution in [0.15, 0.2) is 0 Å². The molecule has 0 radical (unpaired) electrons. The van der Waals surface area contributed by atoms with Crippen LogP contribution in [0.5, 0.6) is 0 Å². The third-order valence-corrected chi connectivity index (χ3v) is 3.51. The standard InChI is InChI=1S/C14H26N2O2/c1-3-4-9-16(13(2)17)12-14(18)15-10-7-5-6-8-11-15/h3-12H2,1-2H3. The van der Waals surface area contributed by atoms with Gasteiger partial charge in [0.05, 0.1) is 6.54 Å². The molecule has 1 aliphatic rings. The zero-order valence-corrected chi connectivity index (χ0v) is 11.8. The molecule has 0 atom stereocenters. The molecule has 0 spiro atoms. The summed E-state index contributed by atoms with van der Waals surface area (Å²) in [6, 6.07) is 0. The second kappa shape index (κ2) is 8.11. The van der Waals surface area contributed by atoms with Gasteiger partial charge < -0.3 is 9.80 Å². The lowest BCUT2D eigenvalue weighted by molar-refractivity contribution is -0.139. The SMILES string of the molecule is CCCCN(CC(=O)N1CCCCCC1)C(C)=O. The first-order valence-corrected chi connectivity index (χ1v) is 7.18. The molecular weight excluding hydrogens is 228 g/mol. The Bertz CT molecular complexity index is 271. The van der Waals surface area contributed by atoms with Gasteiger partial charge in [0.1, 0.15) is 0 Å². The minimum atomic E-state index is 0.00613. The lowest BCUT2D eigenvalue weighted by Gasteiger charge is -2.26. The van der Waals surface area contributed by atoms with E-state index in [1.807, 2.05) is 4.90 Å². The van der Waals surface area contributed by atoms with Crippen LogP contribution in [-0.2, 0) is 9.59 Å². The van der Waals surface area contributed by atoms with E-state index in [4.69, 9.17) is 0 Å². The minimum absolute atomic E-state index is 0.00613. The number of hydrogen-bond donors (Lipinski definition) is 0. The Balaban J connectivity index is 2.45. The van der Waals surface area contributed by atoms with Crippen molar-refractivity contribution in [3.63, 3.8) is 0 Å². The van der Waals surface area contributed by atoms with E-state index < -0.39 is 0 Å². The smallest absolute Gasteiger partial charge is 0.242 e. The highest BCUT2D eigenvalue weighted by atomic mass is 16.2. The third kappa shape index (κ3) is 5.07. The Morgan fingerprint density at radius 2 is 1.72 bits per heavy atom. The number of unbranched alkanes of at least 4 members (excludes halogenated alkanes) is 1. The number of hydrogen-bond acceptors (Lipinski definition) is 2. The fraction of sp³-hybridized carbons (Fsp3) is 0.857. The van der Waals surface area contributed by atoms with E-state index in [-0.39, 0.29) is 18.4 Å². The summed E-state index contributed by atoms with van der Waals surface area (Å²) in [5.74, 6) is 0.120. The second-order valence-corrected chi connectivity index (χ2v) is 5.09. The molecule has 1 fully saturated rings. The zero-order chi connectivity index (χ0) is 13.4. The Kier molecular flexibility index (Phi) is 6.76. The largest absolute Gasteiger partial charge is 0.341 e. The minimum Gasteiger partial charge on any atom is -0.341 e. The van der Waals surface area contributed by atoms with Crippen LogP contribution in [0, 0.1) is 0 Å². The summed E-state index contributed by atoms with van der Waals surface area (Å²) in [5, 5.41) is 0. The number of carbonyl (C=O) groups is 2. The second-order valence-electron chi connectivity index (χ2n) is 5.09. The summed E-state index contributed by atoms with van der Waals surface area (Å²) in [6.45, 7) is 6.32. The van der Waals surface area contributed by atoms with Crippen molar-refractivity contribution in [2.45, 2.75) is 52.4 Å². The molecule has 0 saturated carbocycles. The van der Waals surface area contributed by atoms with Gasteiger partial charge in [-0.15, -0.1) is 0 Å². The first-order valence-electron chi connectivity index (χ1n) is 7.18. The van der Waals surface area contributed by atoms with Gasteiger partial charge in [-0.05, 0) is 19.3 Å². The molecule has 1 heterocycles. The molecule has 0 aromatic rings. The summed E-state index contributed by atoms with van der Waals surface area (Å²) < 4.78 is 0. The Labute approximate surface area is 110 Å². The summed E-state index contributed by atoms with van der Waals surface area (Å²) in [6.07, 6.45) is 6.64. The highest BCUT2D eigenvalue weighted by Gasteiger charge is 2.19. The lowest BCUT2D eigenvalue weighted by atomic mass is 10.2. The van der Waals surface area contributed by atoms with Gasteiger partial charge in [0.2, 0.25) is 11.8 Å². The van der Waals surface area contributed by atoms with Crippen molar-refractivity contribution in [2.24, 2.45) is 0 Å². The predicted octanol–water partition coefficient (Wildman–Crippen LogP) is 2.04. The first kappa shape index (κ1) is 15.0. The number of likely N-dealkylation sites (tertiary alicyclic amines) is 1. The highest BCUT2D eigenvalue weighted by molar-refractivity contribution is 5.83. The van der Waals surface area contributed by atoms with Crippen LogP contribution >= 0.6 is 0 Å². The molecule has 0 N–H and O–H groups in total. The van der Waals surface area contributed by atoms with Crippen LogP contribution < -0.4 is 0 Å². The van der Waals surface area contributed by atoms with E-state index in [9.17, 15) is 9.59 Å². The predicted molar refractivity (Wildman–Crippen MR) is 72.2 cm³/mol. The molecular formula is C14H26N2O2. The molecule has 1 rings (SSSR count). The van der Waals surface area contributed by atoms with E-state index in [1.165, 1.54) is 12.8 Å². The summed E-state index contributed by atoms with van der Waals surface area (Å²) in [5.41, 5.74) is 0. The molecule has 2 amide bonds.